The van der Waals surface area contributed by atoms with Crippen LogP contribution in [0, 0.1) is 0 Å². The van der Waals surface area contributed by atoms with Gasteiger partial charge in [0.25, 0.3) is 0 Å². The quantitative estimate of drug-likeness (QED) is 0.290. The van der Waals surface area contributed by atoms with Gasteiger partial charge >= 0.3 is 198 Å². The molecule has 156 valence electrons. The van der Waals surface area contributed by atoms with Crippen LogP contribution in [-0.4, -0.2) is 29.2 Å². The number of hydrogen-bond donors (Lipinski definition) is 0. The Bertz CT molecular complexity index is 1000. The maximum atomic E-state index is 6.99. The average Bonchev–Trinajstić information content (AvgIpc) is 2.86. The van der Waals surface area contributed by atoms with Crippen molar-refractivity contribution in [3.8, 4) is 5.75 Å². The Morgan fingerprint density at radius 1 is 0.581 bits per heavy atom. The van der Waals surface area contributed by atoms with Crippen LogP contribution in [0.4, 0.5) is 0 Å². The fraction of sp³-hybridized carbons (Fsp3) is 0.143. The second-order valence-corrected chi connectivity index (χ2v) is 36.8. The SMILES string of the molecule is CCc1cccc([O][SnH2][Ge]([c]2ccccc2)([c]2ccccc2)[c]2ccccc2)c1CC. The number of rotatable bonds is 8. The zero-order valence-corrected chi connectivity index (χ0v) is 24.6. The predicted molar refractivity (Wildman–Crippen MR) is 138 cm³/mol. The summed E-state index contributed by atoms with van der Waals surface area (Å²) in [7, 11) is -2.88. The molecular formula is C28H30GeOSn. The Balaban J connectivity index is 1.87. The Kier molecular flexibility index (Phi) is 7.57. The van der Waals surface area contributed by atoms with Gasteiger partial charge < -0.3 is 0 Å². The van der Waals surface area contributed by atoms with Gasteiger partial charge in [0, 0.05) is 0 Å². The van der Waals surface area contributed by atoms with Gasteiger partial charge in [-0.3, -0.25) is 0 Å². The van der Waals surface area contributed by atoms with Gasteiger partial charge in [0.2, 0.25) is 0 Å². The molecule has 0 aliphatic carbocycles. The summed E-state index contributed by atoms with van der Waals surface area (Å²) >= 11 is -1.79. The van der Waals surface area contributed by atoms with Crippen molar-refractivity contribution in [1.82, 2.24) is 0 Å². The van der Waals surface area contributed by atoms with Crippen molar-refractivity contribution in [3.05, 3.63) is 120 Å². The molecule has 0 unspecified atom stereocenters. The molecule has 4 aromatic carbocycles. The standard InChI is InChI=1S/C18H15Ge.C10H14O.Sn.2H/c1-4-10-16(11-5-1)19(17-12-6-2-7-13-17)18-14-8-3-9-15-18;1-3-8-6-5-7-10(11)9(8)4-2;;;/h1-15H;5-7,11H,3-4H2,1-2H3;;;/q;;+1;;/p-1. The second kappa shape index (κ2) is 10.6. The van der Waals surface area contributed by atoms with Crippen LogP contribution in [0.1, 0.15) is 25.0 Å². The molecule has 0 aliphatic heterocycles. The van der Waals surface area contributed by atoms with Crippen LogP contribution in [0.3, 0.4) is 0 Å². The molecule has 3 heteroatoms. The molecule has 0 amide bonds. The van der Waals surface area contributed by atoms with Crippen molar-refractivity contribution in [1.29, 1.82) is 0 Å². The van der Waals surface area contributed by atoms with E-state index in [1.54, 1.807) is 0 Å². The summed E-state index contributed by atoms with van der Waals surface area (Å²) in [4.78, 5) is 0. The van der Waals surface area contributed by atoms with E-state index >= 15 is 0 Å². The van der Waals surface area contributed by atoms with E-state index in [2.05, 4.69) is 123 Å². The molecule has 0 heterocycles. The number of hydrogen-bond acceptors (Lipinski definition) is 1. The summed E-state index contributed by atoms with van der Waals surface area (Å²) in [6, 6.07) is 40.3. The zero-order chi connectivity index (χ0) is 21.5. The van der Waals surface area contributed by atoms with E-state index in [1.807, 2.05) is 0 Å². The van der Waals surface area contributed by atoms with Gasteiger partial charge in [-0.05, 0) is 0 Å². The van der Waals surface area contributed by atoms with Gasteiger partial charge in [-0.15, -0.1) is 0 Å². The topological polar surface area (TPSA) is 9.23 Å². The number of aryl methyl sites for hydroxylation is 1. The molecule has 0 radical (unpaired) electrons. The monoisotopic (exact) mass is 576 g/mol. The third-order valence-electron chi connectivity index (χ3n) is 6.21. The van der Waals surface area contributed by atoms with Crippen LogP contribution in [0.5, 0.6) is 5.75 Å². The Hall–Kier alpha value is -1.98. The van der Waals surface area contributed by atoms with Crippen molar-refractivity contribution < 1.29 is 3.07 Å². The molecular weight excluding hydrogens is 544 g/mol. The molecule has 0 aliphatic rings. The summed E-state index contributed by atoms with van der Waals surface area (Å²) in [5.41, 5.74) is 2.82. The van der Waals surface area contributed by atoms with Gasteiger partial charge in [0.1, 0.15) is 0 Å². The van der Waals surface area contributed by atoms with E-state index < -0.39 is 29.2 Å². The van der Waals surface area contributed by atoms with E-state index in [0.29, 0.717) is 0 Å². The molecule has 0 saturated carbocycles. The number of benzene rings is 4. The molecule has 4 rings (SSSR count). The molecule has 0 spiro atoms. The van der Waals surface area contributed by atoms with Gasteiger partial charge in [-0.1, -0.05) is 0 Å². The van der Waals surface area contributed by atoms with Crippen LogP contribution in [0.2, 0.25) is 0 Å². The molecule has 0 N–H and O–H groups in total. The van der Waals surface area contributed by atoms with Crippen LogP contribution < -0.4 is 16.3 Å². The Morgan fingerprint density at radius 2 is 1.06 bits per heavy atom. The fourth-order valence-corrected chi connectivity index (χ4v) is 37.5. The molecule has 0 atom stereocenters. The Morgan fingerprint density at radius 3 is 1.48 bits per heavy atom. The summed E-state index contributed by atoms with van der Waals surface area (Å²) in [6.07, 6.45) is 2.08. The molecule has 4 aromatic rings. The van der Waals surface area contributed by atoms with Crippen LogP contribution in [-0.2, 0) is 12.8 Å². The first-order chi connectivity index (χ1) is 15.3. The molecule has 31 heavy (non-hydrogen) atoms. The third kappa shape index (κ3) is 4.63. The zero-order valence-electron chi connectivity index (χ0n) is 18.4. The van der Waals surface area contributed by atoms with E-state index in [1.165, 1.54) is 24.3 Å². The molecule has 1 nitrogen and oxygen atoms in total. The van der Waals surface area contributed by atoms with Crippen molar-refractivity contribution in [2.75, 3.05) is 0 Å². The van der Waals surface area contributed by atoms with Gasteiger partial charge in [0.05, 0.1) is 0 Å². The first-order valence-corrected chi connectivity index (χ1v) is 28.0. The Labute approximate surface area is 197 Å². The summed E-state index contributed by atoms with van der Waals surface area (Å²) in [5.74, 6) is 1.13. The van der Waals surface area contributed by atoms with Crippen LogP contribution in [0.15, 0.2) is 109 Å². The van der Waals surface area contributed by atoms with Gasteiger partial charge in [-0.2, -0.15) is 0 Å². The molecule has 0 fully saturated rings. The summed E-state index contributed by atoms with van der Waals surface area (Å²) < 4.78 is 11.5. The van der Waals surface area contributed by atoms with E-state index in [0.717, 1.165) is 18.6 Å². The van der Waals surface area contributed by atoms with Crippen molar-refractivity contribution in [2.24, 2.45) is 0 Å². The minimum absolute atomic E-state index is 1.02. The predicted octanol–water partition coefficient (Wildman–Crippen LogP) is 3.94. The minimum atomic E-state index is -2.88. The molecule has 0 bridgehead atoms. The van der Waals surface area contributed by atoms with Gasteiger partial charge in [0.15, 0.2) is 0 Å². The van der Waals surface area contributed by atoms with Crippen molar-refractivity contribution in [3.63, 3.8) is 0 Å². The van der Waals surface area contributed by atoms with Crippen molar-refractivity contribution in [2.45, 2.75) is 26.7 Å². The first kappa shape index (κ1) is 22.2. The maximum absolute atomic E-state index is 6.99. The van der Waals surface area contributed by atoms with Crippen molar-refractivity contribution >= 4 is 42.3 Å². The van der Waals surface area contributed by atoms with Crippen LogP contribution >= 0.6 is 0 Å². The summed E-state index contributed by atoms with van der Waals surface area (Å²) in [6.45, 7) is 4.48. The molecule has 0 aromatic heterocycles. The average molecular weight is 574 g/mol. The summed E-state index contributed by atoms with van der Waals surface area (Å²) in [5, 5.41) is 0. The van der Waals surface area contributed by atoms with Crippen LogP contribution in [0.25, 0.3) is 0 Å². The van der Waals surface area contributed by atoms with E-state index in [9.17, 15) is 0 Å². The second-order valence-electron chi connectivity index (χ2n) is 7.89. The molecule has 0 saturated heterocycles. The van der Waals surface area contributed by atoms with Gasteiger partial charge in [-0.25, -0.2) is 0 Å². The third-order valence-corrected chi connectivity index (χ3v) is 43.3. The first-order valence-electron chi connectivity index (χ1n) is 11.2. The fourth-order valence-electron chi connectivity index (χ4n) is 4.58. The van der Waals surface area contributed by atoms with E-state index in [-0.39, 0.29) is 0 Å². The normalized spacial score (nSPS) is 11.7. The van der Waals surface area contributed by atoms with E-state index in [4.69, 9.17) is 3.07 Å².